The maximum atomic E-state index is 13.2. The molecule has 0 amide bonds. The van der Waals surface area contributed by atoms with E-state index in [1.807, 2.05) is 36.0 Å². The van der Waals surface area contributed by atoms with Crippen LogP contribution >= 0.6 is 23.4 Å². The molecule has 0 saturated carbocycles. The van der Waals surface area contributed by atoms with Crippen LogP contribution in [0.3, 0.4) is 0 Å². The average molecular weight is 404 g/mol. The fourth-order valence-corrected chi connectivity index (χ4v) is 4.34. The van der Waals surface area contributed by atoms with Gasteiger partial charge in [0.15, 0.2) is 5.82 Å². The van der Waals surface area contributed by atoms with Crippen molar-refractivity contribution < 1.29 is 4.39 Å². The van der Waals surface area contributed by atoms with Crippen LogP contribution in [0.15, 0.2) is 48.5 Å². The van der Waals surface area contributed by atoms with Crippen LogP contribution in [0, 0.1) is 5.82 Å². The molecule has 0 bridgehead atoms. The predicted octanol–water partition coefficient (Wildman–Crippen LogP) is 3.65. The number of benzene rings is 2. The Labute approximate surface area is 166 Å². The van der Waals surface area contributed by atoms with Crippen LogP contribution in [0.4, 0.5) is 4.39 Å². The van der Waals surface area contributed by atoms with Crippen LogP contribution in [-0.2, 0) is 6.54 Å². The summed E-state index contributed by atoms with van der Waals surface area (Å²) in [5.41, 5.74) is 2.07. The van der Waals surface area contributed by atoms with E-state index in [4.69, 9.17) is 11.6 Å². The summed E-state index contributed by atoms with van der Waals surface area (Å²) in [6, 6.07) is 14.3. The smallest absolute Gasteiger partial charge is 0.173 e. The fraction of sp³-hybridized carbons (Fsp3) is 0.316. The second kappa shape index (κ2) is 8.37. The lowest BCUT2D eigenvalue weighted by molar-refractivity contribution is 0.235. The van der Waals surface area contributed by atoms with Gasteiger partial charge in [-0.1, -0.05) is 35.9 Å². The SMILES string of the molecule is Fc1ccc(Cn2nnnc2[C@@H](c2ccc(Cl)cc2)N2CCSCC2)cc1. The first-order valence-electron chi connectivity index (χ1n) is 8.78. The Morgan fingerprint density at radius 2 is 1.74 bits per heavy atom. The molecule has 0 spiro atoms. The minimum absolute atomic E-state index is 0.0429. The molecule has 1 saturated heterocycles. The highest BCUT2D eigenvalue weighted by Gasteiger charge is 2.29. The molecule has 5 nitrogen and oxygen atoms in total. The molecule has 4 rings (SSSR count). The lowest BCUT2D eigenvalue weighted by atomic mass is 10.0. The zero-order valence-corrected chi connectivity index (χ0v) is 16.2. The number of halogens is 2. The van der Waals surface area contributed by atoms with Crippen LogP contribution in [0.2, 0.25) is 5.02 Å². The Balaban J connectivity index is 1.68. The van der Waals surface area contributed by atoms with E-state index in [2.05, 4.69) is 20.4 Å². The molecule has 1 aliphatic rings. The van der Waals surface area contributed by atoms with Crippen molar-refractivity contribution in [3.63, 3.8) is 0 Å². The highest BCUT2D eigenvalue weighted by atomic mass is 35.5. The Morgan fingerprint density at radius 3 is 2.44 bits per heavy atom. The highest BCUT2D eigenvalue weighted by molar-refractivity contribution is 7.99. The minimum atomic E-state index is -0.249. The van der Waals surface area contributed by atoms with Gasteiger partial charge in [0.25, 0.3) is 0 Å². The van der Waals surface area contributed by atoms with Crippen molar-refractivity contribution in [3.8, 4) is 0 Å². The summed E-state index contributed by atoms with van der Waals surface area (Å²) in [7, 11) is 0. The van der Waals surface area contributed by atoms with E-state index in [1.165, 1.54) is 12.1 Å². The number of hydrogen-bond acceptors (Lipinski definition) is 5. The van der Waals surface area contributed by atoms with Gasteiger partial charge in [-0.25, -0.2) is 9.07 Å². The van der Waals surface area contributed by atoms with Gasteiger partial charge in [-0.2, -0.15) is 11.8 Å². The minimum Gasteiger partial charge on any atom is -0.288 e. The summed E-state index contributed by atoms with van der Waals surface area (Å²) in [5, 5.41) is 13.2. The van der Waals surface area contributed by atoms with Crippen LogP contribution in [0.1, 0.15) is 23.0 Å². The molecule has 1 aliphatic heterocycles. The maximum Gasteiger partial charge on any atom is 0.173 e. The molecule has 2 heterocycles. The van der Waals surface area contributed by atoms with E-state index in [0.717, 1.165) is 41.5 Å². The summed E-state index contributed by atoms with van der Waals surface area (Å²) < 4.78 is 15.0. The van der Waals surface area contributed by atoms with Crippen molar-refractivity contribution in [2.75, 3.05) is 24.6 Å². The quantitative estimate of drug-likeness (QED) is 0.650. The molecule has 0 unspecified atom stereocenters. The van der Waals surface area contributed by atoms with Gasteiger partial charge in [0.1, 0.15) is 5.82 Å². The largest absolute Gasteiger partial charge is 0.288 e. The van der Waals surface area contributed by atoms with E-state index in [9.17, 15) is 4.39 Å². The third kappa shape index (κ3) is 4.31. The number of nitrogens with zero attached hydrogens (tertiary/aromatic N) is 5. The first-order valence-corrected chi connectivity index (χ1v) is 10.3. The first-order chi connectivity index (χ1) is 13.2. The Bertz CT molecular complexity index is 878. The molecule has 0 N–H and O–H groups in total. The molecule has 0 radical (unpaired) electrons. The third-order valence-corrected chi connectivity index (χ3v) is 5.84. The molecule has 1 fully saturated rings. The van der Waals surface area contributed by atoms with E-state index in [1.54, 1.807) is 16.8 Å². The van der Waals surface area contributed by atoms with Crippen molar-refractivity contribution in [3.05, 3.63) is 76.3 Å². The van der Waals surface area contributed by atoms with Gasteiger partial charge < -0.3 is 0 Å². The van der Waals surface area contributed by atoms with Crippen LogP contribution in [0.25, 0.3) is 0 Å². The Kier molecular flexibility index (Phi) is 5.71. The number of hydrogen-bond donors (Lipinski definition) is 0. The van der Waals surface area contributed by atoms with E-state index >= 15 is 0 Å². The van der Waals surface area contributed by atoms with Crippen molar-refractivity contribution in [2.24, 2.45) is 0 Å². The van der Waals surface area contributed by atoms with Crippen molar-refractivity contribution in [2.45, 2.75) is 12.6 Å². The van der Waals surface area contributed by atoms with Gasteiger partial charge in [0.2, 0.25) is 0 Å². The predicted molar refractivity (Wildman–Crippen MR) is 106 cm³/mol. The normalized spacial score (nSPS) is 16.4. The fourth-order valence-electron chi connectivity index (χ4n) is 3.29. The van der Waals surface area contributed by atoms with Crippen LogP contribution in [-0.4, -0.2) is 49.7 Å². The summed E-state index contributed by atoms with van der Waals surface area (Å²) in [6.07, 6.45) is 0. The number of aromatic nitrogens is 4. The maximum absolute atomic E-state index is 13.2. The van der Waals surface area contributed by atoms with Gasteiger partial charge >= 0.3 is 0 Å². The topological polar surface area (TPSA) is 46.8 Å². The molecule has 1 atom stereocenters. The Morgan fingerprint density at radius 1 is 1.04 bits per heavy atom. The lowest BCUT2D eigenvalue weighted by Crippen LogP contribution is -2.38. The lowest BCUT2D eigenvalue weighted by Gasteiger charge is -2.33. The van der Waals surface area contributed by atoms with E-state index < -0.39 is 0 Å². The first kappa shape index (κ1) is 18.4. The summed E-state index contributed by atoms with van der Waals surface area (Å²) in [4.78, 5) is 2.41. The second-order valence-corrected chi connectivity index (χ2v) is 8.08. The summed E-state index contributed by atoms with van der Waals surface area (Å²) >= 11 is 8.05. The van der Waals surface area contributed by atoms with Gasteiger partial charge in [0, 0.05) is 29.6 Å². The second-order valence-electron chi connectivity index (χ2n) is 6.42. The molecule has 8 heteroatoms. The van der Waals surface area contributed by atoms with Crippen molar-refractivity contribution in [1.82, 2.24) is 25.1 Å². The summed E-state index contributed by atoms with van der Waals surface area (Å²) in [6.45, 7) is 2.44. The third-order valence-electron chi connectivity index (χ3n) is 4.65. The van der Waals surface area contributed by atoms with Crippen molar-refractivity contribution in [1.29, 1.82) is 0 Å². The molecular formula is C19H19ClFN5S. The molecule has 1 aromatic heterocycles. The van der Waals surface area contributed by atoms with E-state index in [0.29, 0.717) is 11.6 Å². The molecule has 27 heavy (non-hydrogen) atoms. The monoisotopic (exact) mass is 403 g/mol. The van der Waals surface area contributed by atoms with E-state index in [-0.39, 0.29) is 11.9 Å². The molecular weight excluding hydrogens is 385 g/mol. The van der Waals surface area contributed by atoms with Crippen LogP contribution in [0.5, 0.6) is 0 Å². The van der Waals surface area contributed by atoms with Crippen molar-refractivity contribution >= 4 is 23.4 Å². The van der Waals surface area contributed by atoms with Gasteiger partial charge in [-0.3, -0.25) is 4.90 Å². The number of rotatable bonds is 5. The summed E-state index contributed by atoms with van der Waals surface area (Å²) in [5.74, 6) is 2.71. The average Bonchev–Trinajstić information content (AvgIpc) is 3.14. The van der Waals surface area contributed by atoms with Crippen LogP contribution < -0.4 is 0 Å². The highest BCUT2D eigenvalue weighted by Crippen LogP contribution is 2.30. The standard InChI is InChI=1S/C19H19ClFN5S/c20-16-5-3-15(4-6-16)18(25-9-11-27-12-10-25)19-22-23-24-26(19)13-14-1-7-17(21)8-2-14/h1-8,18H,9-13H2/t18-/m1/s1. The van der Waals surface area contributed by atoms with Gasteiger partial charge in [-0.05, 0) is 45.8 Å². The molecule has 140 valence electrons. The Hall–Kier alpha value is -1.96. The number of thioether (sulfide) groups is 1. The zero-order chi connectivity index (χ0) is 18.6. The zero-order valence-electron chi connectivity index (χ0n) is 14.6. The molecule has 3 aromatic rings. The molecule has 0 aliphatic carbocycles. The number of tetrazole rings is 1. The van der Waals surface area contributed by atoms with Gasteiger partial charge in [-0.15, -0.1) is 5.10 Å². The van der Waals surface area contributed by atoms with Gasteiger partial charge in [0.05, 0.1) is 12.6 Å². The molecule has 2 aromatic carbocycles.